The van der Waals surface area contributed by atoms with Crippen molar-refractivity contribution in [1.82, 2.24) is 0 Å². The van der Waals surface area contributed by atoms with Gasteiger partial charge in [-0.3, -0.25) is 4.79 Å². The molecule has 0 saturated carbocycles. The van der Waals surface area contributed by atoms with Gasteiger partial charge in [-0.2, -0.15) is 0 Å². The Hall–Kier alpha value is -1.26. The summed E-state index contributed by atoms with van der Waals surface area (Å²) in [5.74, 6) is 0.860. The van der Waals surface area contributed by atoms with Gasteiger partial charge in [0.05, 0.1) is 12.1 Å². The second-order valence-electron chi connectivity index (χ2n) is 4.10. The van der Waals surface area contributed by atoms with Crippen LogP contribution in [0.2, 0.25) is 5.02 Å². The minimum atomic E-state index is 0.0480. The second kappa shape index (κ2) is 4.94. The zero-order valence-electron chi connectivity index (χ0n) is 9.65. The molecular weight excluding hydrogens is 240 g/mol. The zero-order valence-corrected chi connectivity index (χ0v) is 10.4. The van der Waals surface area contributed by atoms with E-state index in [-0.39, 0.29) is 11.8 Å². The third-order valence-corrected chi connectivity index (χ3v) is 3.28. The lowest BCUT2D eigenvalue weighted by Gasteiger charge is -2.20. The molecule has 17 heavy (non-hydrogen) atoms. The van der Waals surface area contributed by atoms with Crippen LogP contribution in [0.3, 0.4) is 0 Å². The molecule has 1 heterocycles. The molecule has 92 valence electrons. The van der Waals surface area contributed by atoms with E-state index < -0.39 is 0 Å². The monoisotopic (exact) mass is 254 g/mol. The number of ether oxygens (including phenoxy) is 1. The molecule has 1 aromatic carbocycles. The summed E-state index contributed by atoms with van der Waals surface area (Å²) in [5, 5.41) is 0.523. The highest BCUT2D eigenvalue weighted by molar-refractivity contribution is 6.34. The average molecular weight is 255 g/mol. The molecule has 0 radical (unpaired) electrons. The topological polar surface area (TPSA) is 55.6 Å². The van der Waals surface area contributed by atoms with E-state index in [0.717, 1.165) is 0 Å². The lowest BCUT2D eigenvalue weighted by atomic mass is 10.1. The summed E-state index contributed by atoms with van der Waals surface area (Å²) in [6.07, 6.45) is 0.477. The van der Waals surface area contributed by atoms with Crippen LogP contribution in [-0.4, -0.2) is 26.1 Å². The molecule has 1 unspecified atom stereocenters. The minimum Gasteiger partial charge on any atom is -0.495 e. The minimum absolute atomic E-state index is 0.0480. The lowest BCUT2D eigenvalue weighted by Crippen LogP contribution is -2.26. The number of hydrogen-bond donors (Lipinski definition) is 1. The number of nitrogens with two attached hydrogens (primary N) is 1. The molecule has 0 bridgehead atoms. The van der Waals surface area contributed by atoms with Crippen molar-refractivity contribution in [2.24, 2.45) is 11.7 Å². The molecule has 0 aromatic heterocycles. The largest absolute Gasteiger partial charge is 0.495 e. The summed E-state index contributed by atoms with van der Waals surface area (Å²) in [7, 11) is 1.57. The van der Waals surface area contributed by atoms with Crippen LogP contribution >= 0.6 is 11.6 Å². The number of carbonyl (C=O) groups is 1. The number of anilines is 1. The summed E-state index contributed by atoms with van der Waals surface area (Å²) in [6.45, 7) is 1.12. The molecular formula is C12H15ClN2O2. The number of halogens is 1. The fourth-order valence-corrected chi connectivity index (χ4v) is 2.35. The number of carbonyl (C=O) groups excluding carboxylic acids is 1. The van der Waals surface area contributed by atoms with Crippen LogP contribution in [0.5, 0.6) is 5.75 Å². The molecule has 2 rings (SSSR count). The standard InChI is InChI=1S/C12H15ClN2O2/c1-17-10-4-2-3-9(13)12(10)15-7-8(6-14)5-11(15)16/h2-4,8H,5-7,14H2,1H3. The third-order valence-electron chi connectivity index (χ3n) is 2.98. The normalized spacial score (nSPS) is 19.8. The molecule has 4 nitrogen and oxygen atoms in total. The lowest BCUT2D eigenvalue weighted by molar-refractivity contribution is -0.117. The van der Waals surface area contributed by atoms with Crippen molar-refractivity contribution >= 4 is 23.2 Å². The predicted molar refractivity (Wildman–Crippen MR) is 67.5 cm³/mol. The average Bonchev–Trinajstić information content (AvgIpc) is 2.70. The zero-order chi connectivity index (χ0) is 12.4. The van der Waals surface area contributed by atoms with Gasteiger partial charge < -0.3 is 15.4 Å². The first-order chi connectivity index (χ1) is 8.17. The van der Waals surface area contributed by atoms with Gasteiger partial charge in [-0.1, -0.05) is 17.7 Å². The maximum absolute atomic E-state index is 11.9. The smallest absolute Gasteiger partial charge is 0.227 e. The van der Waals surface area contributed by atoms with E-state index in [2.05, 4.69) is 0 Å². The van der Waals surface area contributed by atoms with Gasteiger partial charge in [0.1, 0.15) is 11.4 Å². The van der Waals surface area contributed by atoms with E-state index in [9.17, 15) is 4.79 Å². The van der Waals surface area contributed by atoms with Crippen LogP contribution in [0, 0.1) is 5.92 Å². The fourth-order valence-electron chi connectivity index (χ4n) is 2.08. The van der Waals surface area contributed by atoms with Crippen LogP contribution in [-0.2, 0) is 4.79 Å². The van der Waals surface area contributed by atoms with Gasteiger partial charge in [-0.05, 0) is 24.6 Å². The maximum Gasteiger partial charge on any atom is 0.227 e. The Morgan fingerprint density at radius 2 is 2.35 bits per heavy atom. The number of nitrogens with zero attached hydrogens (tertiary/aromatic N) is 1. The molecule has 1 atom stereocenters. The highest BCUT2D eigenvalue weighted by Crippen LogP contribution is 2.38. The van der Waals surface area contributed by atoms with Gasteiger partial charge in [-0.15, -0.1) is 0 Å². The van der Waals surface area contributed by atoms with Crippen molar-refractivity contribution in [3.8, 4) is 5.75 Å². The van der Waals surface area contributed by atoms with Crippen molar-refractivity contribution < 1.29 is 9.53 Å². The first-order valence-corrected chi connectivity index (χ1v) is 5.88. The van der Waals surface area contributed by atoms with Crippen molar-refractivity contribution in [3.05, 3.63) is 23.2 Å². The number of rotatable bonds is 3. The van der Waals surface area contributed by atoms with Crippen LogP contribution in [0.25, 0.3) is 0 Å². The molecule has 1 aliphatic heterocycles. The summed E-state index contributed by atoms with van der Waals surface area (Å²) >= 11 is 6.14. The Bertz CT molecular complexity index is 437. The summed E-state index contributed by atoms with van der Waals surface area (Å²) < 4.78 is 5.25. The number of para-hydroxylation sites is 1. The summed E-state index contributed by atoms with van der Waals surface area (Å²) in [6, 6.07) is 5.35. The van der Waals surface area contributed by atoms with E-state index in [0.29, 0.717) is 36.0 Å². The first-order valence-electron chi connectivity index (χ1n) is 5.50. The highest BCUT2D eigenvalue weighted by Gasteiger charge is 2.32. The van der Waals surface area contributed by atoms with Gasteiger partial charge in [0.15, 0.2) is 0 Å². The second-order valence-corrected chi connectivity index (χ2v) is 4.51. The van der Waals surface area contributed by atoms with Crippen LogP contribution < -0.4 is 15.4 Å². The van der Waals surface area contributed by atoms with Gasteiger partial charge in [0, 0.05) is 13.0 Å². The first kappa shape index (κ1) is 12.2. The number of hydrogen-bond acceptors (Lipinski definition) is 3. The van der Waals surface area contributed by atoms with E-state index in [1.807, 2.05) is 0 Å². The summed E-state index contributed by atoms with van der Waals surface area (Å²) in [5.41, 5.74) is 6.25. The van der Waals surface area contributed by atoms with Crippen molar-refractivity contribution in [2.75, 3.05) is 25.1 Å². The van der Waals surface area contributed by atoms with Crippen LogP contribution in [0.15, 0.2) is 18.2 Å². The maximum atomic E-state index is 11.9. The predicted octanol–water partition coefficient (Wildman–Crippen LogP) is 1.66. The van der Waals surface area contributed by atoms with Crippen molar-refractivity contribution in [1.29, 1.82) is 0 Å². The van der Waals surface area contributed by atoms with Crippen molar-refractivity contribution in [3.63, 3.8) is 0 Å². The fraction of sp³-hybridized carbons (Fsp3) is 0.417. The van der Waals surface area contributed by atoms with Gasteiger partial charge in [0.2, 0.25) is 5.91 Å². The SMILES string of the molecule is COc1cccc(Cl)c1N1CC(CN)CC1=O. The molecule has 1 saturated heterocycles. The van der Waals surface area contributed by atoms with Gasteiger partial charge in [-0.25, -0.2) is 0 Å². The van der Waals surface area contributed by atoms with Gasteiger partial charge in [0.25, 0.3) is 0 Å². The van der Waals surface area contributed by atoms with E-state index in [1.165, 1.54) is 0 Å². The van der Waals surface area contributed by atoms with E-state index in [4.69, 9.17) is 22.1 Å². The van der Waals surface area contributed by atoms with E-state index >= 15 is 0 Å². The highest BCUT2D eigenvalue weighted by atomic mass is 35.5. The molecule has 1 amide bonds. The Morgan fingerprint density at radius 3 is 2.94 bits per heavy atom. The molecule has 0 aliphatic carbocycles. The molecule has 2 N–H and O–H groups in total. The number of methoxy groups -OCH3 is 1. The van der Waals surface area contributed by atoms with Crippen molar-refractivity contribution in [2.45, 2.75) is 6.42 Å². The Balaban J connectivity index is 2.37. The van der Waals surface area contributed by atoms with Crippen LogP contribution in [0.4, 0.5) is 5.69 Å². The number of benzene rings is 1. The Labute approximate surface area is 105 Å². The summed E-state index contributed by atoms with van der Waals surface area (Å²) in [4.78, 5) is 13.6. The van der Waals surface area contributed by atoms with Crippen LogP contribution in [0.1, 0.15) is 6.42 Å². The molecule has 1 aromatic rings. The molecule has 1 aliphatic rings. The molecule has 1 fully saturated rings. The molecule has 5 heteroatoms. The van der Waals surface area contributed by atoms with E-state index in [1.54, 1.807) is 30.2 Å². The van der Waals surface area contributed by atoms with Gasteiger partial charge >= 0.3 is 0 Å². The third kappa shape index (κ3) is 2.23. The Morgan fingerprint density at radius 1 is 1.59 bits per heavy atom. The quantitative estimate of drug-likeness (QED) is 0.893. The Kier molecular flexibility index (Phi) is 3.54. The molecule has 0 spiro atoms. The number of amides is 1.